The van der Waals surface area contributed by atoms with Crippen LogP contribution >= 0.6 is 0 Å². The molecule has 0 spiro atoms. The van der Waals surface area contributed by atoms with E-state index >= 15 is 0 Å². The Hall–Kier alpha value is -2.92. The van der Waals surface area contributed by atoms with Gasteiger partial charge in [0.1, 0.15) is 0 Å². The van der Waals surface area contributed by atoms with Crippen LogP contribution in [0.2, 0.25) is 0 Å². The Morgan fingerprint density at radius 3 is 1.97 bits per heavy atom. The van der Waals surface area contributed by atoms with Crippen LogP contribution in [-0.2, 0) is 17.4 Å². The standard InChI is InChI=1S/C27H29N2/c1-26(2,3)22-11-19-12-23(27(4,5)6)14-21-17-29(16-20(13-22)25(19)21)24-9-7-18(15-28)8-10-24/h7-14,16H,17H2,1-6H3/q+1. The molecule has 3 aromatic carbocycles. The summed E-state index contributed by atoms with van der Waals surface area (Å²) in [7, 11) is 0. The summed E-state index contributed by atoms with van der Waals surface area (Å²) < 4.78 is 2.30. The zero-order valence-corrected chi connectivity index (χ0v) is 18.3. The second-order valence-corrected chi connectivity index (χ2v) is 10.2. The lowest BCUT2D eigenvalue weighted by atomic mass is 9.80. The quantitative estimate of drug-likeness (QED) is 0.437. The second-order valence-electron chi connectivity index (χ2n) is 10.2. The molecule has 2 heteroatoms. The Labute approximate surface area is 174 Å². The van der Waals surface area contributed by atoms with E-state index in [-0.39, 0.29) is 10.8 Å². The minimum absolute atomic E-state index is 0.0904. The van der Waals surface area contributed by atoms with E-state index in [4.69, 9.17) is 5.26 Å². The van der Waals surface area contributed by atoms with Crippen LogP contribution in [0.5, 0.6) is 0 Å². The molecule has 1 heterocycles. The lowest BCUT2D eigenvalue weighted by Crippen LogP contribution is -2.19. The Balaban J connectivity index is 1.97. The molecule has 0 atom stereocenters. The highest BCUT2D eigenvalue weighted by molar-refractivity contribution is 6.02. The van der Waals surface area contributed by atoms with Crippen molar-refractivity contribution in [1.82, 2.24) is 0 Å². The molecule has 146 valence electrons. The maximum atomic E-state index is 9.11. The smallest absolute Gasteiger partial charge is 0.194 e. The van der Waals surface area contributed by atoms with Crippen LogP contribution in [0.4, 0.5) is 5.69 Å². The third-order valence-electron chi connectivity index (χ3n) is 5.86. The van der Waals surface area contributed by atoms with Crippen LogP contribution in [0.3, 0.4) is 0 Å². The Bertz CT molecular complexity index is 1170. The van der Waals surface area contributed by atoms with Gasteiger partial charge in [-0.3, -0.25) is 0 Å². The van der Waals surface area contributed by atoms with Gasteiger partial charge in [-0.05, 0) is 51.6 Å². The van der Waals surface area contributed by atoms with Crippen LogP contribution in [0.1, 0.15) is 69.4 Å². The number of benzene rings is 3. The first kappa shape index (κ1) is 19.4. The lowest BCUT2D eigenvalue weighted by molar-refractivity contribution is -0.453. The Morgan fingerprint density at radius 1 is 0.828 bits per heavy atom. The van der Waals surface area contributed by atoms with Gasteiger partial charge in [0, 0.05) is 28.6 Å². The number of rotatable bonds is 1. The molecule has 1 aliphatic rings. The normalized spacial score (nSPS) is 13.9. The molecule has 1 aliphatic heterocycles. The minimum Gasteiger partial charge on any atom is -0.194 e. The lowest BCUT2D eigenvalue weighted by Gasteiger charge is -2.25. The Morgan fingerprint density at radius 2 is 1.41 bits per heavy atom. The van der Waals surface area contributed by atoms with Crippen LogP contribution in [0.25, 0.3) is 10.8 Å². The maximum absolute atomic E-state index is 9.11. The van der Waals surface area contributed by atoms with Crippen molar-refractivity contribution >= 4 is 22.7 Å². The van der Waals surface area contributed by atoms with E-state index in [9.17, 15) is 0 Å². The first-order valence-corrected chi connectivity index (χ1v) is 10.3. The molecule has 0 radical (unpaired) electrons. The van der Waals surface area contributed by atoms with Crippen LogP contribution < -0.4 is 0 Å². The number of hydrogen-bond donors (Lipinski definition) is 0. The average molecular weight is 382 g/mol. The summed E-state index contributed by atoms with van der Waals surface area (Å²) in [5.74, 6) is 0. The monoisotopic (exact) mass is 381 g/mol. The van der Waals surface area contributed by atoms with E-state index in [0.717, 1.165) is 12.2 Å². The molecule has 0 unspecified atom stereocenters. The second kappa shape index (κ2) is 6.56. The van der Waals surface area contributed by atoms with E-state index in [1.165, 1.54) is 33.0 Å². The predicted molar refractivity (Wildman–Crippen MR) is 121 cm³/mol. The zero-order valence-electron chi connectivity index (χ0n) is 18.3. The summed E-state index contributed by atoms with van der Waals surface area (Å²) in [4.78, 5) is 0. The molecule has 2 nitrogen and oxygen atoms in total. The summed E-state index contributed by atoms with van der Waals surface area (Å²) in [6.07, 6.45) is 2.27. The molecule has 4 rings (SSSR count). The van der Waals surface area contributed by atoms with Gasteiger partial charge in [-0.2, -0.15) is 9.84 Å². The van der Waals surface area contributed by atoms with Gasteiger partial charge >= 0.3 is 0 Å². The fourth-order valence-corrected chi connectivity index (χ4v) is 4.02. The molecule has 0 aliphatic carbocycles. The van der Waals surface area contributed by atoms with Crippen molar-refractivity contribution in [1.29, 1.82) is 5.26 Å². The molecule has 0 bridgehead atoms. The maximum Gasteiger partial charge on any atom is 0.205 e. The summed E-state index contributed by atoms with van der Waals surface area (Å²) in [6.45, 7) is 14.5. The van der Waals surface area contributed by atoms with Crippen molar-refractivity contribution in [3.05, 3.63) is 76.3 Å². The summed E-state index contributed by atoms with van der Waals surface area (Å²) >= 11 is 0. The predicted octanol–water partition coefficient (Wildman–Crippen LogP) is 6.58. The highest BCUT2D eigenvalue weighted by atomic mass is 15.0. The van der Waals surface area contributed by atoms with Gasteiger partial charge in [0.15, 0.2) is 12.8 Å². The molecule has 0 saturated heterocycles. The number of hydrogen-bond acceptors (Lipinski definition) is 1. The molecule has 29 heavy (non-hydrogen) atoms. The van der Waals surface area contributed by atoms with Gasteiger partial charge < -0.3 is 0 Å². The third kappa shape index (κ3) is 3.58. The summed E-state index contributed by atoms with van der Waals surface area (Å²) in [5, 5.41) is 11.8. The van der Waals surface area contributed by atoms with Gasteiger partial charge in [-0.1, -0.05) is 53.7 Å². The van der Waals surface area contributed by atoms with E-state index in [0.29, 0.717) is 5.56 Å². The van der Waals surface area contributed by atoms with E-state index in [1.807, 2.05) is 24.3 Å². The topological polar surface area (TPSA) is 26.8 Å². The molecule has 0 fully saturated rings. The number of nitriles is 1. The first-order chi connectivity index (χ1) is 13.6. The fourth-order valence-electron chi connectivity index (χ4n) is 4.02. The van der Waals surface area contributed by atoms with Crippen molar-refractivity contribution < 1.29 is 4.58 Å². The van der Waals surface area contributed by atoms with Crippen molar-refractivity contribution in [2.45, 2.75) is 58.9 Å². The van der Waals surface area contributed by atoms with Crippen molar-refractivity contribution in [2.24, 2.45) is 0 Å². The highest BCUT2D eigenvalue weighted by Crippen LogP contribution is 2.36. The van der Waals surface area contributed by atoms with Gasteiger partial charge in [0.05, 0.1) is 11.6 Å². The van der Waals surface area contributed by atoms with Crippen LogP contribution in [-0.4, -0.2) is 10.8 Å². The van der Waals surface area contributed by atoms with E-state index in [1.54, 1.807) is 0 Å². The molecule has 0 amide bonds. The molecule has 0 aromatic heterocycles. The zero-order chi connectivity index (χ0) is 21.0. The average Bonchev–Trinajstić information content (AvgIpc) is 2.66. The highest BCUT2D eigenvalue weighted by Gasteiger charge is 2.26. The Kier molecular flexibility index (Phi) is 4.39. The van der Waals surface area contributed by atoms with Gasteiger partial charge in [0.2, 0.25) is 5.69 Å². The van der Waals surface area contributed by atoms with E-state index in [2.05, 4.69) is 82.7 Å². The molecular weight excluding hydrogens is 352 g/mol. The first-order valence-electron chi connectivity index (χ1n) is 10.3. The third-order valence-corrected chi connectivity index (χ3v) is 5.86. The largest absolute Gasteiger partial charge is 0.205 e. The van der Waals surface area contributed by atoms with Gasteiger partial charge in [0.25, 0.3) is 0 Å². The van der Waals surface area contributed by atoms with Crippen molar-refractivity contribution in [3.8, 4) is 6.07 Å². The van der Waals surface area contributed by atoms with Crippen molar-refractivity contribution in [2.75, 3.05) is 0 Å². The molecule has 0 N–H and O–H groups in total. The minimum atomic E-state index is 0.0904. The van der Waals surface area contributed by atoms with Crippen LogP contribution in [0.15, 0.2) is 48.5 Å². The molecular formula is C27H29N2+. The summed E-state index contributed by atoms with van der Waals surface area (Å²) in [5.41, 5.74) is 7.38. The molecule has 0 saturated carbocycles. The van der Waals surface area contributed by atoms with Gasteiger partial charge in [-0.15, -0.1) is 0 Å². The summed E-state index contributed by atoms with van der Waals surface area (Å²) in [6, 6.07) is 19.6. The van der Waals surface area contributed by atoms with Gasteiger partial charge in [-0.25, -0.2) is 0 Å². The van der Waals surface area contributed by atoms with Crippen molar-refractivity contribution in [3.63, 3.8) is 0 Å². The molecule has 3 aromatic rings. The van der Waals surface area contributed by atoms with Crippen LogP contribution in [0, 0.1) is 11.3 Å². The van der Waals surface area contributed by atoms with E-state index < -0.39 is 0 Å². The number of nitrogens with zero attached hydrogens (tertiary/aromatic N) is 2. The fraction of sp³-hybridized carbons (Fsp3) is 0.333. The SMILES string of the molecule is CC(C)(C)c1cc2c3c(cc(C(C)(C)C)cc3c1)C[N+](c1ccc(C#N)cc1)=C2.